The summed E-state index contributed by atoms with van der Waals surface area (Å²) in [5, 5.41) is 0. The summed E-state index contributed by atoms with van der Waals surface area (Å²) < 4.78 is 0. The van der Waals surface area contributed by atoms with E-state index in [-0.39, 0.29) is 0 Å². The largest absolute Gasteiger partial charge is 0.399 e. The second-order valence-corrected chi connectivity index (χ2v) is 4.19. The number of hydrogen-bond donors (Lipinski definition) is 1. The summed E-state index contributed by atoms with van der Waals surface area (Å²) in [6.45, 7) is 1.90. The van der Waals surface area contributed by atoms with Gasteiger partial charge in [0.1, 0.15) is 12.1 Å². The van der Waals surface area contributed by atoms with Gasteiger partial charge in [0.15, 0.2) is 0 Å². The fourth-order valence-corrected chi connectivity index (χ4v) is 1.73. The van der Waals surface area contributed by atoms with E-state index in [4.69, 9.17) is 5.73 Å². The minimum Gasteiger partial charge on any atom is -0.399 e. The molecule has 1 aromatic heterocycles. The molecule has 2 aromatic rings. The average molecular weight is 241 g/mol. The quantitative estimate of drug-likeness (QED) is 0.653. The number of nitrogens with two attached hydrogens (primary N) is 1. The van der Waals surface area contributed by atoms with Gasteiger partial charge in [-0.05, 0) is 30.2 Å². The van der Waals surface area contributed by atoms with Gasteiger partial charge in [0, 0.05) is 30.4 Å². The Morgan fingerprint density at radius 1 is 1.28 bits per heavy atom. The number of anilines is 1. The maximum atomic E-state index is 10.5. The summed E-state index contributed by atoms with van der Waals surface area (Å²) in [6, 6.07) is 7.66. The zero-order valence-corrected chi connectivity index (χ0v) is 10.3. The molecule has 0 saturated heterocycles. The van der Waals surface area contributed by atoms with Gasteiger partial charge in [-0.3, -0.25) is 0 Å². The molecule has 0 amide bonds. The molecule has 0 bridgehead atoms. The Balaban J connectivity index is 2.17. The molecule has 0 atom stereocenters. The van der Waals surface area contributed by atoms with E-state index in [1.165, 1.54) is 0 Å². The first-order chi connectivity index (χ1) is 8.69. The van der Waals surface area contributed by atoms with Crippen LogP contribution in [-0.4, -0.2) is 16.3 Å². The molecule has 18 heavy (non-hydrogen) atoms. The maximum absolute atomic E-state index is 10.5. The van der Waals surface area contributed by atoms with Gasteiger partial charge in [-0.15, -0.1) is 0 Å². The summed E-state index contributed by atoms with van der Waals surface area (Å²) in [7, 11) is 0. The molecule has 4 heteroatoms. The molecule has 1 heterocycles. The second-order valence-electron chi connectivity index (χ2n) is 4.19. The van der Waals surface area contributed by atoms with Gasteiger partial charge in [-0.2, -0.15) is 0 Å². The molecule has 0 aliphatic carbocycles. The zero-order chi connectivity index (χ0) is 13.0. The lowest BCUT2D eigenvalue weighted by Crippen LogP contribution is -2.02. The van der Waals surface area contributed by atoms with Gasteiger partial charge in [-0.1, -0.05) is 12.1 Å². The van der Waals surface area contributed by atoms with Crippen molar-refractivity contribution < 1.29 is 4.79 Å². The molecule has 1 aromatic carbocycles. The van der Waals surface area contributed by atoms with Crippen molar-refractivity contribution in [2.75, 3.05) is 5.73 Å². The van der Waals surface area contributed by atoms with Crippen LogP contribution in [0.4, 0.5) is 5.69 Å². The molecular formula is C14H15N3O. The molecule has 0 aliphatic rings. The predicted octanol–water partition coefficient (Wildman–Crippen LogP) is 1.70. The topological polar surface area (TPSA) is 68.9 Å². The van der Waals surface area contributed by atoms with Crippen LogP contribution in [0.3, 0.4) is 0 Å². The van der Waals surface area contributed by atoms with Gasteiger partial charge in [0.05, 0.1) is 0 Å². The number of hydrogen-bond acceptors (Lipinski definition) is 4. The van der Waals surface area contributed by atoms with E-state index in [0.717, 1.165) is 34.6 Å². The molecule has 0 saturated carbocycles. The highest BCUT2D eigenvalue weighted by molar-refractivity contribution is 5.55. The van der Waals surface area contributed by atoms with Crippen LogP contribution in [0, 0.1) is 6.92 Å². The summed E-state index contributed by atoms with van der Waals surface area (Å²) in [6.07, 6.45) is 3.63. The fourth-order valence-electron chi connectivity index (χ4n) is 1.73. The van der Waals surface area contributed by atoms with Gasteiger partial charge in [0.2, 0.25) is 0 Å². The van der Waals surface area contributed by atoms with E-state index in [2.05, 4.69) is 9.97 Å². The number of nitrogens with zero attached hydrogens (tertiary/aromatic N) is 2. The van der Waals surface area contributed by atoms with Gasteiger partial charge in [0.25, 0.3) is 0 Å². The van der Waals surface area contributed by atoms with E-state index < -0.39 is 0 Å². The highest BCUT2D eigenvalue weighted by Crippen LogP contribution is 2.11. The normalized spacial score (nSPS) is 10.3. The molecule has 0 unspecified atom stereocenters. The Morgan fingerprint density at radius 2 is 2.00 bits per heavy atom. The van der Waals surface area contributed by atoms with Gasteiger partial charge < -0.3 is 10.5 Å². The predicted molar refractivity (Wildman–Crippen MR) is 70.2 cm³/mol. The zero-order valence-electron chi connectivity index (χ0n) is 10.3. The maximum Gasteiger partial charge on any atom is 0.132 e. The highest BCUT2D eigenvalue weighted by atomic mass is 16.1. The van der Waals surface area contributed by atoms with Crippen molar-refractivity contribution in [1.29, 1.82) is 0 Å². The first-order valence-corrected chi connectivity index (χ1v) is 5.78. The van der Waals surface area contributed by atoms with E-state index in [1.807, 2.05) is 31.2 Å². The van der Waals surface area contributed by atoms with Gasteiger partial charge in [-0.25, -0.2) is 9.97 Å². The lowest BCUT2D eigenvalue weighted by Gasteiger charge is -2.05. The molecule has 0 aliphatic heterocycles. The minimum atomic E-state index is 0.369. The minimum absolute atomic E-state index is 0.369. The smallest absolute Gasteiger partial charge is 0.132 e. The van der Waals surface area contributed by atoms with Crippen molar-refractivity contribution in [1.82, 2.24) is 9.97 Å². The number of carbonyl (C=O) groups is 1. The third-order valence-electron chi connectivity index (χ3n) is 2.78. The summed E-state index contributed by atoms with van der Waals surface area (Å²) >= 11 is 0. The third-order valence-corrected chi connectivity index (χ3v) is 2.78. The van der Waals surface area contributed by atoms with Crippen molar-refractivity contribution in [2.24, 2.45) is 0 Å². The van der Waals surface area contributed by atoms with Crippen molar-refractivity contribution in [3.63, 3.8) is 0 Å². The number of benzene rings is 1. The van der Waals surface area contributed by atoms with Crippen LogP contribution in [0.15, 0.2) is 30.5 Å². The molecular weight excluding hydrogens is 226 g/mol. The average Bonchev–Trinajstić information content (AvgIpc) is 2.36. The Hall–Kier alpha value is -2.23. The number of aryl methyl sites for hydroxylation is 1. The van der Waals surface area contributed by atoms with Crippen LogP contribution in [-0.2, 0) is 17.6 Å². The molecule has 2 rings (SSSR count). The molecule has 0 fully saturated rings. The molecule has 0 radical (unpaired) electrons. The van der Waals surface area contributed by atoms with Crippen molar-refractivity contribution in [2.45, 2.75) is 19.8 Å². The monoisotopic (exact) mass is 241 g/mol. The standard InChI is InChI=1S/C14H15N3O/c1-10-12(6-7-18)9-16-14(17-10)8-11-2-4-13(15)5-3-11/h2-5,7,9H,6,8,15H2,1H3. The lowest BCUT2D eigenvalue weighted by molar-refractivity contribution is -0.107. The SMILES string of the molecule is Cc1nc(Cc2ccc(N)cc2)ncc1CC=O. The Bertz CT molecular complexity index is 549. The number of aromatic nitrogens is 2. The lowest BCUT2D eigenvalue weighted by atomic mass is 10.1. The number of carbonyl (C=O) groups excluding carboxylic acids is 1. The Kier molecular flexibility index (Phi) is 3.67. The van der Waals surface area contributed by atoms with Gasteiger partial charge >= 0.3 is 0 Å². The van der Waals surface area contributed by atoms with E-state index in [0.29, 0.717) is 12.8 Å². The number of rotatable bonds is 4. The third kappa shape index (κ3) is 2.91. The number of aldehydes is 1. The van der Waals surface area contributed by atoms with Crippen molar-refractivity contribution in [3.8, 4) is 0 Å². The van der Waals surface area contributed by atoms with Crippen LogP contribution in [0.2, 0.25) is 0 Å². The molecule has 4 nitrogen and oxygen atoms in total. The van der Waals surface area contributed by atoms with Crippen molar-refractivity contribution in [3.05, 3.63) is 53.1 Å². The van der Waals surface area contributed by atoms with Crippen LogP contribution in [0.25, 0.3) is 0 Å². The first kappa shape index (κ1) is 12.2. The number of nitrogen functional groups attached to an aromatic ring is 1. The Morgan fingerprint density at radius 3 is 2.61 bits per heavy atom. The highest BCUT2D eigenvalue weighted by Gasteiger charge is 2.04. The molecule has 92 valence electrons. The van der Waals surface area contributed by atoms with E-state index >= 15 is 0 Å². The second kappa shape index (κ2) is 5.40. The van der Waals surface area contributed by atoms with E-state index in [1.54, 1.807) is 6.20 Å². The summed E-state index contributed by atoms with van der Waals surface area (Å²) in [5.74, 6) is 0.756. The van der Waals surface area contributed by atoms with Crippen LogP contribution < -0.4 is 5.73 Å². The van der Waals surface area contributed by atoms with E-state index in [9.17, 15) is 4.79 Å². The fraction of sp³-hybridized carbons (Fsp3) is 0.214. The molecule has 2 N–H and O–H groups in total. The summed E-state index contributed by atoms with van der Waals surface area (Å²) in [4.78, 5) is 19.1. The van der Waals surface area contributed by atoms with Crippen LogP contribution in [0.5, 0.6) is 0 Å². The van der Waals surface area contributed by atoms with Crippen molar-refractivity contribution >= 4 is 12.0 Å². The summed E-state index contributed by atoms with van der Waals surface area (Å²) in [5.41, 5.74) is 9.24. The Labute approximate surface area is 106 Å². The first-order valence-electron chi connectivity index (χ1n) is 5.78. The van der Waals surface area contributed by atoms with Crippen LogP contribution in [0.1, 0.15) is 22.6 Å². The molecule has 0 spiro atoms. The van der Waals surface area contributed by atoms with Crippen LogP contribution >= 0.6 is 0 Å².